The molecule has 0 aliphatic heterocycles. The maximum atomic E-state index is 9.83. The van der Waals surface area contributed by atoms with Crippen LogP contribution in [0, 0.1) is 34.0 Å². The molecule has 11 aromatic rings. The van der Waals surface area contributed by atoms with Gasteiger partial charge < -0.3 is 13.6 Å². The highest BCUT2D eigenvalue weighted by atomic mass is 16.3. The van der Waals surface area contributed by atoms with E-state index in [-0.39, 0.29) is 5.56 Å². The molecule has 0 aliphatic carbocycles. The van der Waals surface area contributed by atoms with Gasteiger partial charge in [-0.1, -0.05) is 78.9 Å². The molecule has 0 atom stereocenters. The molecule has 0 saturated heterocycles. The van der Waals surface area contributed by atoms with Gasteiger partial charge in [0, 0.05) is 54.8 Å². The van der Waals surface area contributed by atoms with Gasteiger partial charge in [-0.25, -0.2) is 0 Å². The first-order chi connectivity index (χ1) is 28.1. The van der Waals surface area contributed by atoms with Crippen LogP contribution in [0.25, 0.3) is 99.3 Å². The van der Waals surface area contributed by atoms with Crippen LogP contribution >= 0.6 is 0 Å². The lowest BCUT2D eigenvalue weighted by molar-refractivity contribution is 0.669. The van der Waals surface area contributed by atoms with Gasteiger partial charge in [0.1, 0.15) is 11.2 Å². The lowest BCUT2D eigenvalue weighted by atomic mass is 9.92. The fraction of sp³-hybridized carbons (Fsp3) is 0. The van der Waals surface area contributed by atoms with Gasteiger partial charge in [-0.15, -0.1) is 0 Å². The van der Waals surface area contributed by atoms with E-state index in [1.807, 2.05) is 48.7 Å². The second kappa shape index (κ2) is 12.3. The molecular weight excluding hydrogens is 701 g/mol. The highest BCUT2D eigenvalue weighted by Gasteiger charge is 2.19. The van der Waals surface area contributed by atoms with Crippen LogP contribution in [0.3, 0.4) is 0 Å². The van der Waals surface area contributed by atoms with Crippen molar-refractivity contribution in [1.82, 2.24) is 14.1 Å². The zero-order valence-corrected chi connectivity index (χ0v) is 30.1. The lowest BCUT2D eigenvalue weighted by Crippen LogP contribution is -1.97. The monoisotopic (exact) mass is 726 g/mol. The number of nitriles is 3. The second-order valence-corrected chi connectivity index (χ2v) is 14.1. The van der Waals surface area contributed by atoms with E-state index in [1.165, 1.54) is 17.5 Å². The van der Waals surface area contributed by atoms with Crippen molar-refractivity contribution in [3.05, 3.63) is 175 Å². The Bertz CT molecular complexity index is 3570. The Morgan fingerprint density at radius 3 is 1.63 bits per heavy atom. The molecule has 0 saturated carbocycles. The largest absolute Gasteiger partial charge is 0.456 e. The molecular formula is C50H26N6O. The summed E-state index contributed by atoms with van der Waals surface area (Å²) in [7, 11) is 0. The van der Waals surface area contributed by atoms with E-state index in [1.54, 1.807) is 0 Å². The van der Waals surface area contributed by atoms with Crippen LogP contribution < -0.4 is 0 Å². The maximum Gasteiger partial charge on any atom is 0.136 e. The Labute approximate surface area is 325 Å². The quantitative estimate of drug-likeness (QED) is 0.179. The lowest BCUT2D eigenvalue weighted by Gasteiger charge is -2.12. The highest BCUT2D eigenvalue weighted by Crippen LogP contribution is 2.39. The van der Waals surface area contributed by atoms with Gasteiger partial charge in [-0.3, -0.25) is 4.98 Å². The smallest absolute Gasteiger partial charge is 0.136 e. The molecule has 0 radical (unpaired) electrons. The van der Waals surface area contributed by atoms with Gasteiger partial charge in [0.15, 0.2) is 0 Å². The van der Waals surface area contributed by atoms with Crippen molar-refractivity contribution in [2.24, 2.45) is 0 Å². The van der Waals surface area contributed by atoms with Crippen LogP contribution in [0.15, 0.2) is 162 Å². The van der Waals surface area contributed by atoms with Gasteiger partial charge in [0.2, 0.25) is 0 Å². The van der Waals surface area contributed by atoms with Crippen LogP contribution in [-0.2, 0) is 0 Å². The second-order valence-electron chi connectivity index (χ2n) is 14.1. The SMILES string of the molecule is N#Cc1cc(C#N)c(-c2ccc(-c3cc4c5ccccc5n(-c5ccc(-n6c7ccccc7c7cc8oc9ccccc9c8cc76)cc5)c4cn3)cc2)c(C#N)c1. The Hall–Kier alpha value is -8.44. The molecule has 0 spiro atoms. The van der Waals surface area contributed by atoms with Crippen molar-refractivity contribution in [1.29, 1.82) is 15.8 Å². The van der Waals surface area contributed by atoms with Gasteiger partial charge in [0.25, 0.3) is 0 Å². The standard InChI is InChI=1S/C50H26N6O/c51-26-30-21-33(27-52)50(34(22-30)28-53)32-15-13-31(14-16-32)43-23-40-37-7-1-5-11-45(37)56(47(40)29-54-43)36-19-17-35(18-20-36)55-44-10-4-2-8-38(44)41-25-49-42(24-46(41)55)39-9-3-6-12-48(39)57-49/h1-25,29H. The summed E-state index contributed by atoms with van der Waals surface area (Å²) in [5, 5.41) is 35.7. The number of pyridine rings is 1. The van der Waals surface area contributed by atoms with E-state index in [4.69, 9.17) is 9.40 Å². The van der Waals surface area contributed by atoms with Crippen molar-refractivity contribution in [3.63, 3.8) is 0 Å². The molecule has 4 heterocycles. The van der Waals surface area contributed by atoms with Crippen molar-refractivity contribution in [2.45, 2.75) is 0 Å². The number of benzene rings is 7. The predicted octanol–water partition coefficient (Wildman–Crippen LogP) is 12.1. The fourth-order valence-corrected chi connectivity index (χ4v) is 8.52. The Morgan fingerprint density at radius 1 is 0.439 bits per heavy atom. The summed E-state index contributed by atoms with van der Waals surface area (Å²) in [6, 6.07) is 57.5. The third-order valence-electron chi connectivity index (χ3n) is 11.1. The van der Waals surface area contributed by atoms with E-state index in [2.05, 4.69) is 124 Å². The Morgan fingerprint density at radius 2 is 1.00 bits per heavy atom. The van der Waals surface area contributed by atoms with E-state index < -0.39 is 0 Å². The number of furan rings is 1. The highest BCUT2D eigenvalue weighted by molar-refractivity contribution is 6.17. The van der Waals surface area contributed by atoms with Crippen LogP contribution in [-0.4, -0.2) is 14.1 Å². The number of rotatable bonds is 4. The van der Waals surface area contributed by atoms with E-state index in [0.29, 0.717) is 16.7 Å². The summed E-state index contributed by atoms with van der Waals surface area (Å²) in [6.07, 6.45) is 1.93. The van der Waals surface area contributed by atoms with Gasteiger partial charge in [-0.2, -0.15) is 15.8 Å². The number of para-hydroxylation sites is 3. The minimum absolute atomic E-state index is 0.282. The summed E-state index contributed by atoms with van der Waals surface area (Å²) < 4.78 is 10.9. The van der Waals surface area contributed by atoms with Crippen LogP contribution in [0.5, 0.6) is 0 Å². The number of nitrogens with zero attached hydrogens (tertiary/aromatic N) is 6. The first-order valence-corrected chi connectivity index (χ1v) is 18.5. The molecule has 7 aromatic carbocycles. The zero-order valence-electron chi connectivity index (χ0n) is 30.1. The van der Waals surface area contributed by atoms with E-state index in [9.17, 15) is 15.8 Å². The van der Waals surface area contributed by atoms with Crippen molar-refractivity contribution in [3.8, 4) is 52.0 Å². The maximum absolute atomic E-state index is 9.83. The molecule has 262 valence electrons. The van der Waals surface area contributed by atoms with Gasteiger partial charge >= 0.3 is 0 Å². The average Bonchev–Trinajstić information content (AvgIpc) is 3.92. The Kier molecular flexibility index (Phi) is 6.91. The first kappa shape index (κ1) is 32.0. The van der Waals surface area contributed by atoms with Crippen LogP contribution in [0.4, 0.5) is 0 Å². The minimum atomic E-state index is 0.282. The number of hydrogen-bond donors (Lipinski definition) is 0. The minimum Gasteiger partial charge on any atom is -0.456 e. The molecule has 11 rings (SSSR count). The zero-order chi connectivity index (χ0) is 38.2. The molecule has 57 heavy (non-hydrogen) atoms. The first-order valence-electron chi connectivity index (χ1n) is 18.5. The number of fused-ring (bicyclic) bond motifs is 9. The number of hydrogen-bond acceptors (Lipinski definition) is 5. The van der Waals surface area contributed by atoms with E-state index in [0.717, 1.165) is 88.4 Å². The van der Waals surface area contributed by atoms with Crippen molar-refractivity contribution < 1.29 is 4.42 Å². The Balaban J connectivity index is 1.01. The van der Waals surface area contributed by atoms with Gasteiger partial charge in [-0.05, 0) is 78.4 Å². The summed E-state index contributed by atoms with van der Waals surface area (Å²) >= 11 is 0. The molecule has 0 N–H and O–H groups in total. The molecule has 0 fully saturated rings. The molecule has 0 amide bonds. The molecule has 4 aromatic heterocycles. The molecule has 7 nitrogen and oxygen atoms in total. The topological polar surface area (TPSA) is 107 Å². The molecule has 7 heteroatoms. The molecule has 0 aliphatic rings. The van der Waals surface area contributed by atoms with Gasteiger partial charge in [0.05, 0.1) is 68.9 Å². The van der Waals surface area contributed by atoms with Crippen molar-refractivity contribution in [2.75, 3.05) is 0 Å². The fourth-order valence-electron chi connectivity index (χ4n) is 8.52. The van der Waals surface area contributed by atoms with E-state index >= 15 is 0 Å². The van der Waals surface area contributed by atoms with Crippen molar-refractivity contribution >= 4 is 65.6 Å². The summed E-state index contributed by atoms with van der Waals surface area (Å²) in [4.78, 5) is 4.95. The summed E-state index contributed by atoms with van der Waals surface area (Å²) in [6.45, 7) is 0. The summed E-state index contributed by atoms with van der Waals surface area (Å²) in [5.74, 6) is 0. The third kappa shape index (κ3) is 4.79. The van der Waals surface area contributed by atoms with Crippen LogP contribution in [0.2, 0.25) is 0 Å². The average molecular weight is 727 g/mol. The normalized spacial score (nSPS) is 11.5. The summed E-state index contributed by atoms with van der Waals surface area (Å²) in [5.41, 5.74) is 12.0. The third-order valence-corrected chi connectivity index (χ3v) is 11.1. The predicted molar refractivity (Wildman–Crippen MR) is 225 cm³/mol. The molecule has 0 bridgehead atoms. The van der Waals surface area contributed by atoms with Crippen LogP contribution in [0.1, 0.15) is 16.7 Å². The molecule has 0 unspecified atom stereocenters. The number of aromatic nitrogens is 3.